The Kier molecular flexibility index (Phi) is 5.95. The van der Waals surface area contributed by atoms with Gasteiger partial charge in [0, 0.05) is 28.9 Å². The fourth-order valence-corrected chi connectivity index (χ4v) is 4.99. The Balaban J connectivity index is 1.41. The molecular weight excluding hydrogens is 422 g/mol. The minimum absolute atomic E-state index is 0.0889. The number of rotatable bonds is 5. The first kappa shape index (κ1) is 21.0. The lowest BCUT2D eigenvalue weighted by molar-refractivity contribution is -0.139. The molecule has 1 fully saturated rings. The van der Waals surface area contributed by atoms with Gasteiger partial charge in [0.1, 0.15) is 0 Å². The van der Waals surface area contributed by atoms with E-state index in [2.05, 4.69) is 4.98 Å². The third-order valence-electron chi connectivity index (χ3n) is 5.77. The van der Waals surface area contributed by atoms with Crippen LogP contribution in [0.3, 0.4) is 0 Å². The highest BCUT2D eigenvalue weighted by atomic mass is 35.5. The lowest BCUT2D eigenvalue weighted by Gasteiger charge is -2.39. The molecule has 8 heteroatoms. The van der Waals surface area contributed by atoms with E-state index in [1.54, 1.807) is 29.5 Å². The van der Waals surface area contributed by atoms with Crippen molar-refractivity contribution < 1.29 is 9.90 Å². The molecule has 3 heterocycles. The van der Waals surface area contributed by atoms with Crippen LogP contribution in [0.25, 0.3) is 10.9 Å². The van der Waals surface area contributed by atoms with E-state index in [0.717, 1.165) is 6.42 Å². The average Bonchev–Trinajstić information content (AvgIpc) is 3.23. The fraction of sp³-hybridized carbons (Fsp3) is 0.409. The molecule has 1 unspecified atom stereocenters. The van der Waals surface area contributed by atoms with Gasteiger partial charge in [0.05, 0.1) is 29.4 Å². The number of thiophene rings is 1. The van der Waals surface area contributed by atoms with Crippen molar-refractivity contribution in [3.05, 3.63) is 62.3 Å². The van der Waals surface area contributed by atoms with Crippen molar-refractivity contribution in [2.45, 2.75) is 38.3 Å². The SMILES string of the molecule is CC(Cc1cccs1)C(=O)N1CCC(O)(Cn2cnc3cc(Cl)ccc3c2=O)CC1. The number of benzene rings is 1. The van der Waals surface area contributed by atoms with Crippen molar-refractivity contribution in [3.8, 4) is 0 Å². The zero-order valence-electron chi connectivity index (χ0n) is 16.8. The minimum Gasteiger partial charge on any atom is -0.388 e. The zero-order chi connectivity index (χ0) is 21.3. The molecule has 1 N–H and O–H groups in total. The minimum atomic E-state index is -1.04. The summed E-state index contributed by atoms with van der Waals surface area (Å²) in [5.74, 6) is 0.0286. The molecule has 0 bridgehead atoms. The van der Waals surface area contributed by atoms with Crippen molar-refractivity contribution in [3.63, 3.8) is 0 Å². The van der Waals surface area contributed by atoms with Gasteiger partial charge in [-0.15, -0.1) is 11.3 Å². The Bertz CT molecular complexity index is 1100. The Hall–Kier alpha value is -2.22. The molecule has 1 saturated heterocycles. The molecule has 0 spiro atoms. The predicted molar refractivity (Wildman–Crippen MR) is 119 cm³/mol. The number of aromatic nitrogens is 2. The predicted octanol–water partition coefficient (Wildman–Crippen LogP) is 3.34. The van der Waals surface area contributed by atoms with Gasteiger partial charge in [-0.05, 0) is 48.9 Å². The number of carbonyl (C=O) groups excluding carboxylic acids is 1. The first-order chi connectivity index (χ1) is 14.3. The van der Waals surface area contributed by atoms with Crippen molar-refractivity contribution >= 4 is 39.7 Å². The Morgan fingerprint density at radius 1 is 1.33 bits per heavy atom. The van der Waals surface area contributed by atoms with Crippen molar-refractivity contribution in [2.75, 3.05) is 13.1 Å². The number of likely N-dealkylation sites (tertiary alicyclic amines) is 1. The highest BCUT2D eigenvalue weighted by Crippen LogP contribution is 2.26. The summed E-state index contributed by atoms with van der Waals surface area (Å²) < 4.78 is 1.45. The molecule has 30 heavy (non-hydrogen) atoms. The first-order valence-electron chi connectivity index (χ1n) is 10.0. The molecule has 2 aromatic heterocycles. The van der Waals surface area contributed by atoms with E-state index >= 15 is 0 Å². The number of halogens is 1. The van der Waals surface area contributed by atoms with Crippen LogP contribution >= 0.6 is 22.9 Å². The maximum atomic E-state index is 12.8. The number of hydrogen-bond acceptors (Lipinski definition) is 5. The lowest BCUT2D eigenvalue weighted by atomic mass is 9.90. The molecular formula is C22H24ClN3O3S. The molecule has 0 saturated carbocycles. The van der Waals surface area contributed by atoms with Gasteiger partial charge in [0.25, 0.3) is 5.56 Å². The first-order valence-corrected chi connectivity index (χ1v) is 11.3. The van der Waals surface area contributed by atoms with Crippen LogP contribution in [-0.2, 0) is 17.8 Å². The van der Waals surface area contributed by atoms with Crippen molar-refractivity contribution in [1.82, 2.24) is 14.5 Å². The zero-order valence-corrected chi connectivity index (χ0v) is 18.3. The summed E-state index contributed by atoms with van der Waals surface area (Å²) in [5, 5.41) is 14.1. The van der Waals surface area contributed by atoms with E-state index < -0.39 is 5.60 Å². The Morgan fingerprint density at radius 3 is 2.80 bits per heavy atom. The second kappa shape index (κ2) is 8.49. The largest absolute Gasteiger partial charge is 0.388 e. The van der Waals surface area contributed by atoms with Crippen molar-refractivity contribution in [2.24, 2.45) is 5.92 Å². The molecule has 3 aromatic rings. The van der Waals surface area contributed by atoms with Gasteiger partial charge in [-0.2, -0.15) is 0 Å². The van der Waals surface area contributed by atoms with Gasteiger partial charge in [-0.3, -0.25) is 14.2 Å². The summed E-state index contributed by atoms with van der Waals surface area (Å²) in [5.41, 5.74) is -0.705. The third kappa shape index (κ3) is 4.43. The number of aliphatic hydroxyl groups is 1. The fourth-order valence-electron chi connectivity index (χ4n) is 3.99. The normalized spacial score (nSPS) is 17.2. The van der Waals surface area contributed by atoms with Crippen LogP contribution in [0.5, 0.6) is 0 Å². The maximum Gasteiger partial charge on any atom is 0.261 e. The molecule has 6 nitrogen and oxygen atoms in total. The molecule has 0 radical (unpaired) electrons. The van der Waals surface area contributed by atoms with Gasteiger partial charge in [0.15, 0.2) is 0 Å². The van der Waals surface area contributed by atoms with E-state index in [-0.39, 0.29) is 23.9 Å². The summed E-state index contributed by atoms with van der Waals surface area (Å²) in [6.07, 6.45) is 3.05. The number of hydrogen-bond donors (Lipinski definition) is 1. The number of nitrogens with zero attached hydrogens (tertiary/aromatic N) is 3. The van der Waals surface area contributed by atoms with Gasteiger partial charge < -0.3 is 10.0 Å². The molecule has 1 aliphatic rings. The molecule has 0 aliphatic carbocycles. The monoisotopic (exact) mass is 445 g/mol. The second-order valence-corrected chi connectivity index (χ2v) is 9.54. The smallest absolute Gasteiger partial charge is 0.261 e. The van der Waals surface area contributed by atoms with Crippen LogP contribution in [-0.4, -0.2) is 44.2 Å². The Labute approximate surface area is 183 Å². The third-order valence-corrected chi connectivity index (χ3v) is 6.90. The molecule has 4 rings (SSSR count). The van der Waals surface area contributed by atoms with Crippen LogP contribution in [0.1, 0.15) is 24.6 Å². The number of amides is 1. The van der Waals surface area contributed by atoms with Gasteiger partial charge in [-0.1, -0.05) is 24.6 Å². The van der Waals surface area contributed by atoms with Crippen LogP contribution in [0, 0.1) is 5.92 Å². The van der Waals surface area contributed by atoms with Crippen LogP contribution in [0.15, 0.2) is 46.8 Å². The quantitative estimate of drug-likeness (QED) is 0.653. The summed E-state index contributed by atoms with van der Waals surface area (Å²) in [6.45, 7) is 3.07. The van der Waals surface area contributed by atoms with Crippen LogP contribution in [0.4, 0.5) is 0 Å². The summed E-state index contributed by atoms with van der Waals surface area (Å²) >= 11 is 7.63. The van der Waals surface area contributed by atoms with Gasteiger partial charge in [0.2, 0.25) is 5.91 Å². The average molecular weight is 446 g/mol. The number of carbonyl (C=O) groups is 1. The number of piperidine rings is 1. The lowest BCUT2D eigenvalue weighted by Crippen LogP contribution is -2.50. The molecule has 1 aliphatic heterocycles. The molecule has 1 aromatic carbocycles. The van der Waals surface area contributed by atoms with Crippen LogP contribution in [0.2, 0.25) is 5.02 Å². The van der Waals surface area contributed by atoms with E-state index in [9.17, 15) is 14.7 Å². The standard InChI is InChI=1S/C22H24ClN3O3S/c1-15(11-17-3-2-10-30-17)20(27)25-8-6-22(29,7-9-25)13-26-14-24-19-12-16(23)4-5-18(19)21(26)28/h2-5,10,12,14-15,29H,6-9,11,13H2,1H3. The van der Waals surface area contributed by atoms with E-state index in [1.165, 1.54) is 15.8 Å². The van der Waals surface area contributed by atoms with E-state index in [4.69, 9.17) is 11.6 Å². The Morgan fingerprint density at radius 2 is 2.10 bits per heavy atom. The van der Waals surface area contributed by atoms with E-state index in [1.807, 2.05) is 29.3 Å². The summed E-state index contributed by atoms with van der Waals surface area (Å²) in [6, 6.07) is 9.01. The number of fused-ring (bicyclic) bond motifs is 1. The highest BCUT2D eigenvalue weighted by Gasteiger charge is 2.35. The summed E-state index contributed by atoms with van der Waals surface area (Å²) in [7, 11) is 0. The highest BCUT2D eigenvalue weighted by molar-refractivity contribution is 7.09. The molecule has 1 amide bonds. The second-order valence-electron chi connectivity index (χ2n) is 8.07. The summed E-state index contributed by atoms with van der Waals surface area (Å²) in [4.78, 5) is 32.9. The van der Waals surface area contributed by atoms with Crippen LogP contribution < -0.4 is 5.56 Å². The topological polar surface area (TPSA) is 75.4 Å². The van der Waals surface area contributed by atoms with E-state index in [0.29, 0.717) is 41.9 Å². The van der Waals surface area contributed by atoms with Gasteiger partial charge >= 0.3 is 0 Å². The van der Waals surface area contributed by atoms with Gasteiger partial charge in [-0.25, -0.2) is 4.98 Å². The van der Waals surface area contributed by atoms with Crippen molar-refractivity contribution in [1.29, 1.82) is 0 Å². The molecule has 158 valence electrons. The maximum absolute atomic E-state index is 12.8. The molecule has 1 atom stereocenters.